The Morgan fingerprint density at radius 2 is 1.78 bits per heavy atom. The summed E-state index contributed by atoms with van der Waals surface area (Å²) in [6.07, 6.45) is 1.39. The van der Waals surface area contributed by atoms with Crippen molar-refractivity contribution in [3.8, 4) is 11.1 Å². The number of nitrogens with zero attached hydrogens (tertiary/aromatic N) is 2. The summed E-state index contributed by atoms with van der Waals surface area (Å²) in [6.45, 7) is 0. The molecular weight excluding hydrogens is 294 g/mol. The third-order valence-electron chi connectivity index (χ3n) is 2.53. The molecule has 0 saturated carbocycles. The number of benzene rings is 1. The van der Waals surface area contributed by atoms with Crippen LogP contribution in [-0.2, 0) is 0 Å². The predicted molar refractivity (Wildman–Crippen MR) is 72.8 cm³/mol. The van der Waals surface area contributed by atoms with Crippen molar-refractivity contribution in [3.63, 3.8) is 0 Å². The van der Waals surface area contributed by atoms with E-state index in [1.54, 1.807) is 12.1 Å². The molecule has 0 fully saturated rings. The molecule has 2 aromatic heterocycles. The van der Waals surface area contributed by atoms with E-state index in [1.165, 1.54) is 29.8 Å². The zero-order chi connectivity index (χ0) is 12.7. The number of rotatable bonds is 1. The molecule has 2 nitrogen and oxygen atoms in total. The maximum Gasteiger partial charge on any atom is 0.141 e. The predicted octanol–water partition coefficient (Wildman–Crippen LogP) is 4.80. The smallest absolute Gasteiger partial charge is 0.141 e. The fourth-order valence-corrected chi connectivity index (χ4v) is 3.34. The summed E-state index contributed by atoms with van der Waals surface area (Å²) in [5.41, 5.74) is 1.55. The lowest BCUT2D eigenvalue weighted by molar-refractivity contribution is 0.628. The van der Waals surface area contributed by atoms with Crippen LogP contribution in [0.25, 0.3) is 21.3 Å². The third kappa shape index (κ3) is 1.86. The van der Waals surface area contributed by atoms with Gasteiger partial charge in [0.05, 0.1) is 5.39 Å². The van der Waals surface area contributed by atoms with Crippen LogP contribution in [0.1, 0.15) is 0 Å². The Morgan fingerprint density at radius 3 is 2.50 bits per heavy atom. The molecule has 0 spiro atoms. The minimum atomic E-state index is -0.295. The second kappa shape index (κ2) is 4.46. The van der Waals surface area contributed by atoms with Crippen molar-refractivity contribution in [1.29, 1.82) is 0 Å². The first-order valence-corrected chi connectivity index (χ1v) is 6.58. The van der Waals surface area contributed by atoms with Crippen LogP contribution in [0.15, 0.2) is 30.6 Å². The van der Waals surface area contributed by atoms with E-state index in [0.29, 0.717) is 14.9 Å². The van der Waals surface area contributed by atoms with Gasteiger partial charge in [-0.15, -0.1) is 11.3 Å². The first-order chi connectivity index (χ1) is 8.66. The standard InChI is InChI=1S/C12H5Cl2FN2S/c13-10-9-8(6-1-3-7(15)4-2-6)11(14)18-12(9)17-5-16-10/h1-5H. The highest BCUT2D eigenvalue weighted by Crippen LogP contribution is 2.43. The van der Waals surface area contributed by atoms with Gasteiger partial charge in [0, 0.05) is 5.56 Å². The second-order valence-corrected chi connectivity index (χ2v) is 5.56. The SMILES string of the molecule is Fc1ccc(-c2c(Cl)sc3ncnc(Cl)c23)cc1. The number of aromatic nitrogens is 2. The Kier molecular flexibility index (Phi) is 2.93. The number of hydrogen-bond acceptors (Lipinski definition) is 3. The van der Waals surface area contributed by atoms with Crippen molar-refractivity contribution in [2.75, 3.05) is 0 Å². The average Bonchev–Trinajstić information content (AvgIpc) is 2.68. The van der Waals surface area contributed by atoms with Crippen LogP contribution in [0.5, 0.6) is 0 Å². The summed E-state index contributed by atoms with van der Waals surface area (Å²) < 4.78 is 13.5. The van der Waals surface area contributed by atoms with Crippen molar-refractivity contribution < 1.29 is 4.39 Å². The maximum absolute atomic E-state index is 12.9. The molecular formula is C12H5Cl2FN2S. The molecule has 0 aliphatic carbocycles. The number of thiophene rings is 1. The van der Waals surface area contributed by atoms with Gasteiger partial charge in [0.1, 0.15) is 26.5 Å². The van der Waals surface area contributed by atoms with Crippen molar-refractivity contribution in [1.82, 2.24) is 9.97 Å². The van der Waals surface area contributed by atoms with Gasteiger partial charge in [-0.1, -0.05) is 35.3 Å². The molecule has 18 heavy (non-hydrogen) atoms. The lowest BCUT2D eigenvalue weighted by Crippen LogP contribution is -1.82. The van der Waals surface area contributed by atoms with Gasteiger partial charge in [0.2, 0.25) is 0 Å². The normalized spacial score (nSPS) is 11.1. The third-order valence-corrected chi connectivity index (χ3v) is 4.13. The van der Waals surface area contributed by atoms with Gasteiger partial charge in [-0.3, -0.25) is 0 Å². The van der Waals surface area contributed by atoms with E-state index in [4.69, 9.17) is 23.2 Å². The Labute approximate surface area is 116 Å². The van der Waals surface area contributed by atoms with Crippen LogP contribution in [0.3, 0.4) is 0 Å². The topological polar surface area (TPSA) is 25.8 Å². The first kappa shape index (κ1) is 11.8. The molecule has 0 unspecified atom stereocenters. The molecule has 90 valence electrons. The van der Waals surface area contributed by atoms with Crippen LogP contribution in [0.4, 0.5) is 4.39 Å². The number of halogens is 3. The molecule has 0 saturated heterocycles. The molecule has 0 amide bonds. The summed E-state index contributed by atoms with van der Waals surface area (Å²) in [5, 5.41) is 1.06. The molecule has 2 heterocycles. The minimum absolute atomic E-state index is 0.295. The molecule has 0 atom stereocenters. The van der Waals surface area contributed by atoms with E-state index in [0.717, 1.165) is 16.0 Å². The Bertz CT molecular complexity index is 725. The summed E-state index contributed by atoms with van der Waals surface area (Å²) in [7, 11) is 0. The van der Waals surface area contributed by atoms with E-state index >= 15 is 0 Å². The molecule has 0 aliphatic heterocycles. The van der Waals surface area contributed by atoms with Gasteiger partial charge in [0.25, 0.3) is 0 Å². The van der Waals surface area contributed by atoms with E-state index < -0.39 is 0 Å². The molecule has 0 N–H and O–H groups in total. The fraction of sp³-hybridized carbons (Fsp3) is 0. The Morgan fingerprint density at radius 1 is 1.06 bits per heavy atom. The maximum atomic E-state index is 12.9. The molecule has 3 rings (SSSR count). The molecule has 0 bridgehead atoms. The van der Waals surface area contributed by atoms with E-state index in [1.807, 2.05) is 0 Å². The summed E-state index contributed by atoms with van der Waals surface area (Å²) in [4.78, 5) is 8.81. The monoisotopic (exact) mass is 298 g/mol. The van der Waals surface area contributed by atoms with E-state index in [2.05, 4.69) is 9.97 Å². The summed E-state index contributed by atoms with van der Waals surface area (Å²) in [6, 6.07) is 6.08. The molecule has 0 radical (unpaired) electrons. The summed E-state index contributed by atoms with van der Waals surface area (Å²) in [5.74, 6) is -0.295. The zero-order valence-corrected chi connectivity index (χ0v) is 11.2. The van der Waals surface area contributed by atoms with Crippen LogP contribution in [0, 0.1) is 5.82 Å². The van der Waals surface area contributed by atoms with Gasteiger partial charge in [-0.05, 0) is 17.7 Å². The Hall–Kier alpha value is -1.23. The average molecular weight is 299 g/mol. The highest BCUT2D eigenvalue weighted by Gasteiger charge is 2.16. The lowest BCUT2D eigenvalue weighted by atomic mass is 10.1. The quantitative estimate of drug-likeness (QED) is 0.603. The van der Waals surface area contributed by atoms with Crippen LogP contribution in [0.2, 0.25) is 9.49 Å². The highest BCUT2D eigenvalue weighted by molar-refractivity contribution is 7.23. The van der Waals surface area contributed by atoms with Crippen molar-refractivity contribution >= 4 is 44.8 Å². The first-order valence-electron chi connectivity index (χ1n) is 5.01. The zero-order valence-electron chi connectivity index (χ0n) is 8.82. The van der Waals surface area contributed by atoms with E-state index in [9.17, 15) is 4.39 Å². The number of hydrogen-bond donors (Lipinski definition) is 0. The van der Waals surface area contributed by atoms with Crippen molar-refractivity contribution in [2.24, 2.45) is 0 Å². The molecule has 0 aliphatic rings. The van der Waals surface area contributed by atoms with Gasteiger partial charge in [-0.25, -0.2) is 14.4 Å². The van der Waals surface area contributed by atoms with Gasteiger partial charge < -0.3 is 0 Å². The lowest BCUT2D eigenvalue weighted by Gasteiger charge is -2.01. The second-order valence-electron chi connectivity index (χ2n) is 3.60. The van der Waals surface area contributed by atoms with Gasteiger partial charge >= 0.3 is 0 Å². The van der Waals surface area contributed by atoms with Crippen LogP contribution < -0.4 is 0 Å². The van der Waals surface area contributed by atoms with E-state index in [-0.39, 0.29) is 5.82 Å². The largest absolute Gasteiger partial charge is 0.225 e. The minimum Gasteiger partial charge on any atom is -0.225 e. The molecule has 3 aromatic rings. The van der Waals surface area contributed by atoms with Crippen molar-refractivity contribution in [2.45, 2.75) is 0 Å². The van der Waals surface area contributed by atoms with Crippen molar-refractivity contribution in [3.05, 3.63) is 45.9 Å². The fourth-order valence-electron chi connectivity index (χ4n) is 1.75. The van der Waals surface area contributed by atoms with Gasteiger partial charge in [0.15, 0.2) is 0 Å². The Balaban J connectivity index is 2.34. The summed E-state index contributed by atoms with van der Waals surface area (Å²) >= 11 is 13.6. The molecule has 6 heteroatoms. The highest BCUT2D eigenvalue weighted by atomic mass is 35.5. The van der Waals surface area contributed by atoms with Crippen LogP contribution in [-0.4, -0.2) is 9.97 Å². The molecule has 1 aromatic carbocycles. The number of fused-ring (bicyclic) bond motifs is 1. The van der Waals surface area contributed by atoms with Crippen LogP contribution >= 0.6 is 34.5 Å². The van der Waals surface area contributed by atoms with Gasteiger partial charge in [-0.2, -0.15) is 0 Å².